The molecule has 0 bridgehead atoms. The van der Waals surface area contributed by atoms with Crippen LogP contribution in [0.4, 0.5) is 0 Å². The molecule has 14 nitrogen and oxygen atoms in total. The van der Waals surface area contributed by atoms with Crippen molar-refractivity contribution in [3.8, 4) is 0 Å². The molecule has 0 amide bonds. The van der Waals surface area contributed by atoms with E-state index < -0.39 is 85.6 Å². The van der Waals surface area contributed by atoms with Gasteiger partial charge in [0, 0.05) is 12.7 Å². The van der Waals surface area contributed by atoms with E-state index in [-0.39, 0.29) is 43.1 Å². The topological polar surface area (TPSA) is 153 Å². The zero-order valence-corrected chi connectivity index (χ0v) is 37.7. The van der Waals surface area contributed by atoms with Crippen LogP contribution in [0.1, 0.15) is 54.1 Å². The Morgan fingerprint density at radius 3 is 1.42 bits per heavy atom. The fraction of sp³-hybridized carbons (Fsp3) is 0.291. The summed E-state index contributed by atoms with van der Waals surface area (Å²) in [6.45, 7) is 0.141. The predicted molar refractivity (Wildman–Crippen MR) is 247 cm³/mol. The zero-order valence-electron chi connectivity index (χ0n) is 37.7. The Bertz CT molecular complexity index is 2540. The predicted octanol–water partition coefficient (Wildman–Crippen LogP) is 8.06. The van der Waals surface area contributed by atoms with Crippen molar-refractivity contribution in [1.29, 1.82) is 0 Å². The van der Waals surface area contributed by atoms with E-state index in [9.17, 15) is 14.4 Å². The van der Waals surface area contributed by atoms with Crippen LogP contribution in [0.25, 0.3) is 0 Å². The van der Waals surface area contributed by atoms with Crippen LogP contribution in [0.15, 0.2) is 182 Å². The van der Waals surface area contributed by atoms with Crippen LogP contribution in [0, 0.1) is 0 Å². The van der Waals surface area contributed by atoms with Gasteiger partial charge in [-0.2, -0.15) is 0 Å². The van der Waals surface area contributed by atoms with Crippen LogP contribution in [-0.4, -0.2) is 99.6 Å². The van der Waals surface area contributed by atoms with Gasteiger partial charge in [0.05, 0.1) is 43.1 Å². The average Bonchev–Trinajstić information content (AvgIpc) is 3.41. The first-order chi connectivity index (χ1) is 33.9. The number of esters is 3. The first-order valence-corrected chi connectivity index (χ1v) is 22.8. The van der Waals surface area contributed by atoms with E-state index in [2.05, 4.69) is 0 Å². The largest absolute Gasteiger partial charge is 0.452 e. The smallest absolute Gasteiger partial charge is 0.338 e. The van der Waals surface area contributed by atoms with Gasteiger partial charge < -0.3 is 52.1 Å². The van der Waals surface area contributed by atoms with Gasteiger partial charge in [0.25, 0.3) is 0 Å². The summed E-state index contributed by atoms with van der Waals surface area (Å²) in [7, 11) is 1.36. The number of carbonyl (C=O) groups is 3. The summed E-state index contributed by atoms with van der Waals surface area (Å²) in [5.74, 6) is -2.30. The molecule has 9 rings (SSSR count). The van der Waals surface area contributed by atoms with E-state index in [1.54, 1.807) is 91.0 Å². The molecule has 3 aliphatic rings. The second-order valence-corrected chi connectivity index (χ2v) is 16.6. The first-order valence-electron chi connectivity index (χ1n) is 22.8. The molecule has 0 radical (unpaired) electrons. The standard InChI is InChI=1S/C55H52O14/c1-59-54-49(68-52(58)40-28-16-6-17-29-40)47(67-51(57)39-26-14-5-15-27-39)45(66-50(56)38-24-12-4-13-25-38)43(64-54)35-63-55-48(61-33-37-22-10-3-11-23-37)46(60-32-36-20-8-2-9-21-36)44-42(65-55)34-62-53(69-44)41-30-18-7-19-31-41/h2-31,42-49,53-55H,32-35H2,1H3/t42-,43-,44-,45-,46+,47+,48-,49-,53?,54+,55-/m1/s1. The summed E-state index contributed by atoms with van der Waals surface area (Å²) in [5.41, 5.74) is 3.26. The lowest BCUT2D eigenvalue weighted by Gasteiger charge is -2.49. The molecule has 6 aromatic rings. The van der Waals surface area contributed by atoms with Crippen molar-refractivity contribution in [3.63, 3.8) is 0 Å². The molecule has 0 aromatic heterocycles. The van der Waals surface area contributed by atoms with Crippen molar-refractivity contribution in [2.45, 2.75) is 80.9 Å². The summed E-state index contributed by atoms with van der Waals surface area (Å²) >= 11 is 0. The van der Waals surface area contributed by atoms with E-state index in [1.807, 2.05) is 91.0 Å². The van der Waals surface area contributed by atoms with Crippen LogP contribution in [0.2, 0.25) is 0 Å². The number of rotatable bonds is 17. The maximum absolute atomic E-state index is 14.1. The molecule has 3 fully saturated rings. The lowest BCUT2D eigenvalue weighted by Crippen LogP contribution is -2.65. The normalized spacial score (nSPS) is 26.5. The van der Waals surface area contributed by atoms with E-state index in [0.717, 1.165) is 16.7 Å². The third-order valence-corrected chi connectivity index (χ3v) is 11.9. The minimum Gasteiger partial charge on any atom is -0.452 e. The average molecular weight is 937 g/mol. The lowest BCUT2D eigenvalue weighted by molar-refractivity contribution is -0.377. The van der Waals surface area contributed by atoms with Crippen molar-refractivity contribution < 1.29 is 66.5 Å². The molecule has 14 heteroatoms. The molecule has 3 saturated heterocycles. The molecule has 1 unspecified atom stereocenters. The number of fused-ring (bicyclic) bond motifs is 1. The van der Waals surface area contributed by atoms with Gasteiger partial charge in [-0.3, -0.25) is 0 Å². The highest BCUT2D eigenvalue weighted by Gasteiger charge is 2.55. The number of hydrogen-bond acceptors (Lipinski definition) is 14. The van der Waals surface area contributed by atoms with Gasteiger partial charge in [0.1, 0.15) is 30.5 Å². The van der Waals surface area contributed by atoms with E-state index in [4.69, 9.17) is 52.1 Å². The first kappa shape index (κ1) is 47.5. The molecule has 3 heterocycles. The molecule has 0 aliphatic carbocycles. The van der Waals surface area contributed by atoms with Crippen molar-refractivity contribution in [3.05, 3.63) is 215 Å². The fourth-order valence-corrected chi connectivity index (χ4v) is 8.45. The van der Waals surface area contributed by atoms with Crippen LogP contribution in [0.5, 0.6) is 0 Å². The quantitative estimate of drug-likeness (QED) is 0.0640. The summed E-state index contributed by atoms with van der Waals surface area (Å²) in [5, 5.41) is 0. The summed E-state index contributed by atoms with van der Waals surface area (Å²) in [6, 6.07) is 53.9. The van der Waals surface area contributed by atoms with Crippen molar-refractivity contribution in [2.75, 3.05) is 20.3 Å². The lowest BCUT2D eigenvalue weighted by atomic mass is 9.96. The minimum absolute atomic E-state index is 0.121. The maximum atomic E-state index is 14.1. The Hall–Kier alpha value is -6.59. The van der Waals surface area contributed by atoms with Gasteiger partial charge in [-0.05, 0) is 47.5 Å². The van der Waals surface area contributed by atoms with Gasteiger partial charge in [-0.15, -0.1) is 0 Å². The monoisotopic (exact) mass is 936 g/mol. The summed E-state index contributed by atoms with van der Waals surface area (Å²) < 4.78 is 70.9. The van der Waals surface area contributed by atoms with Gasteiger partial charge >= 0.3 is 17.9 Å². The Morgan fingerprint density at radius 2 is 0.913 bits per heavy atom. The van der Waals surface area contributed by atoms with E-state index >= 15 is 0 Å². The zero-order chi connectivity index (χ0) is 47.4. The molecular formula is C55H52O14. The third-order valence-electron chi connectivity index (χ3n) is 11.9. The number of hydrogen-bond donors (Lipinski definition) is 0. The van der Waals surface area contributed by atoms with Crippen molar-refractivity contribution >= 4 is 17.9 Å². The maximum Gasteiger partial charge on any atom is 0.338 e. The van der Waals surface area contributed by atoms with Crippen LogP contribution in [0.3, 0.4) is 0 Å². The number of carbonyl (C=O) groups excluding carboxylic acids is 3. The third kappa shape index (κ3) is 11.8. The molecule has 6 aromatic carbocycles. The molecule has 69 heavy (non-hydrogen) atoms. The van der Waals surface area contributed by atoms with Crippen LogP contribution in [-0.2, 0) is 65.3 Å². The highest BCUT2D eigenvalue weighted by molar-refractivity contribution is 5.91. The Balaban J connectivity index is 1.05. The highest BCUT2D eigenvalue weighted by Crippen LogP contribution is 2.38. The Kier molecular flexibility index (Phi) is 15.9. The molecule has 356 valence electrons. The molecule has 0 saturated carbocycles. The number of ether oxygens (including phenoxy) is 11. The van der Waals surface area contributed by atoms with E-state index in [0.29, 0.717) is 0 Å². The van der Waals surface area contributed by atoms with Crippen molar-refractivity contribution in [2.24, 2.45) is 0 Å². The minimum atomic E-state index is -1.50. The Labute approximate surface area is 399 Å². The summed E-state index contributed by atoms with van der Waals surface area (Å²) in [4.78, 5) is 41.8. The Morgan fingerprint density at radius 1 is 0.464 bits per heavy atom. The molecule has 0 N–H and O–H groups in total. The molecular weight excluding hydrogens is 885 g/mol. The number of methoxy groups -OCH3 is 1. The van der Waals surface area contributed by atoms with E-state index in [1.165, 1.54) is 7.11 Å². The fourth-order valence-electron chi connectivity index (χ4n) is 8.45. The SMILES string of the molecule is CO[C@H]1O[C@H](CO[C@@H]2O[C@@H]3COC(c4ccccc4)O[C@H]3[C@H](OCc3ccccc3)[C@H]2OCc2ccccc2)[C@@H](OC(=O)c2ccccc2)[C@H](OC(=O)c2ccccc2)[C@H]1OC(=O)c1ccccc1. The van der Waals surface area contributed by atoms with Gasteiger partial charge in [-0.25, -0.2) is 14.4 Å². The van der Waals surface area contributed by atoms with Gasteiger partial charge in [-0.1, -0.05) is 146 Å². The van der Waals surface area contributed by atoms with Crippen LogP contribution < -0.4 is 0 Å². The summed E-state index contributed by atoms with van der Waals surface area (Å²) in [6.07, 6.45) is -11.9. The molecule has 11 atom stereocenters. The molecule has 3 aliphatic heterocycles. The van der Waals surface area contributed by atoms with Crippen molar-refractivity contribution in [1.82, 2.24) is 0 Å². The second-order valence-electron chi connectivity index (χ2n) is 16.6. The van der Waals surface area contributed by atoms with Gasteiger partial charge in [0.15, 0.2) is 37.2 Å². The number of benzene rings is 6. The molecule has 0 spiro atoms. The van der Waals surface area contributed by atoms with Gasteiger partial charge in [0.2, 0.25) is 0 Å². The van der Waals surface area contributed by atoms with Crippen LogP contribution >= 0.6 is 0 Å². The highest BCUT2D eigenvalue weighted by atomic mass is 16.8. The second kappa shape index (κ2) is 23.1.